The molecule has 0 amide bonds. The third kappa shape index (κ3) is 3.09. The van der Waals surface area contributed by atoms with Crippen LogP contribution >= 0.6 is 11.6 Å². The van der Waals surface area contributed by atoms with Gasteiger partial charge in [0.05, 0.1) is 23.5 Å². The summed E-state index contributed by atoms with van der Waals surface area (Å²) in [6.45, 7) is 0.454. The average Bonchev–Trinajstić information content (AvgIpc) is 2.43. The van der Waals surface area contributed by atoms with Gasteiger partial charge in [-0.05, 0) is 6.07 Å². The van der Waals surface area contributed by atoms with E-state index in [1.165, 1.54) is 12.5 Å². The van der Waals surface area contributed by atoms with Gasteiger partial charge in [-0.25, -0.2) is 14.6 Å². The highest BCUT2D eigenvalue weighted by Crippen LogP contribution is 2.15. The van der Waals surface area contributed by atoms with Crippen molar-refractivity contribution < 1.29 is 0 Å². The summed E-state index contributed by atoms with van der Waals surface area (Å²) in [6.07, 6.45) is 9.59. The fourth-order valence-electron chi connectivity index (χ4n) is 1.43. The fourth-order valence-corrected chi connectivity index (χ4v) is 1.62. The first kappa shape index (κ1) is 13.1. The first-order valence-electron chi connectivity index (χ1n) is 5.40. The Bertz CT molecular complexity index is 662. The summed E-state index contributed by atoms with van der Waals surface area (Å²) in [5.41, 5.74) is 0.635. The van der Waals surface area contributed by atoms with Crippen molar-refractivity contribution in [2.75, 3.05) is 5.32 Å². The quantitative estimate of drug-likeness (QED) is 0.841. The van der Waals surface area contributed by atoms with Crippen LogP contribution in [0.25, 0.3) is 0 Å². The zero-order valence-corrected chi connectivity index (χ0v) is 10.6. The molecule has 0 atom stereocenters. The fraction of sp³-hybridized carbons (Fsp3) is 0.167. The first-order chi connectivity index (χ1) is 9.22. The zero-order chi connectivity index (χ0) is 13.7. The van der Waals surface area contributed by atoms with Crippen molar-refractivity contribution in [1.29, 1.82) is 0 Å². The molecular weight excluding hydrogens is 266 g/mol. The molecule has 0 saturated carbocycles. The topological polar surface area (TPSA) is 72.7 Å². The third-order valence-corrected chi connectivity index (χ3v) is 2.61. The van der Waals surface area contributed by atoms with Gasteiger partial charge in [0.1, 0.15) is 18.6 Å². The lowest BCUT2D eigenvalue weighted by molar-refractivity contribution is 0.664. The highest BCUT2D eigenvalue weighted by Gasteiger charge is 2.09. The summed E-state index contributed by atoms with van der Waals surface area (Å²) >= 11 is 5.95. The van der Waals surface area contributed by atoms with Gasteiger partial charge in [0, 0.05) is 6.20 Å². The Morgan fingerprint density at radius 3 is 3.05 bits per heavy atom. The molecule has 2 rings (SSSR count). The average molecular weight is 276 g/mol. The van der Waals surface area contributed by atoms with Gasteiger partial charge in [0.15, 0.2) is 0 Å². The molecule has 2 aromatic rings. The third-order valence-electron chi connectivity index (χ3n) is 2.33. The maximum atomic E-state index is 12.0. The second kappa shape index (κ2) is 5.98. The molecule has 0 fully saturated rings. The summed E-state index contributed by atoms with van der Waals surface area (Å²) in [7, 11) is 0. The summed E-state index contributed by atoms with van der Waals surface area (Å²) in [5.74, 6) is 2.35. The van der Waals surface area contributed by atoms with E-state index < -0.39 is 0 Å². The molecule has 0 aliphatic heterocycles. The summed E-state index contributed by atoms with van der Waals surface area (Å²) in [4.78, 5) is 19.9. The van der Waals surface area contributed by atoms with Crippen LogP contribution in [-0.4, -0.2) is 19.7 Å². The molecule has 7 heteroatoms. The standard InChI is InChI=1S/C12H10ClN5O/c1-2-5-18-12(19)11(10(13)7-17-18)15-6-9-3-4-14-8-16-9/h1,3-4,7-8,15H,5-6H2. The molecule has 0 unspecified atom stereocenters. The molecule has 0 radical (unpaired) electrons. The lowest BCUT2D eigenvalue weighted by atomic mass is 10.3. The highest BCUT2D eigenvalue weighted by molar-refractivity contribution is 6.32. The minimum absolute atomic E-state index is 0.0954. The molecule has 1 N–H and O–H groups in total. The van der Waals surface area contributed by atoms with Gasteiger partial charge in [-0.1, -0.05) is 17.5 Å². The van der Waals surface area contributed by atoms with Crippen LogP contribution < -0.4 is 10.9 Å². The maximum absolute atomic E-state index is 12.0. The number of halogens is 1. The van der Waals surface area contributed by atoms with E-state index in [2.05, 4.69) is 26.3 Å². The van der Waals surface area contributed by atoms with Crippen molar-refractivity contribution in [1.82, 2.24) is 19.7 Å². The lowest BCUT2D eigenvalue weighted by Crippen LogP contribution is -2.25. The van der Waals surface area contributed by atoms with Crippen LogP contribution in [0, 0.1) is 12.3 Å². The van der Waals surface area contributed by atoms with Gasteiger partial charge in [0.25, 0.3) is 5.56 Å². The van der Waals surface area contributed by atoms with E-state index in [0.717, 1.165) is 10.4 Å². The van der Waals surface area contributed by atoms with Crippen molar-refractivity contribution in [3.8, 4) is 12.3 Å². The van der Waals surface area contributed by atoms with E-state index in [4.69, 9.17) is 18.0 Å². The number of nitrogens with zero attached hydrogens (tertiary/aromatic N) is 4. The lowest BCUT2D eigenvalue weighted by Gasteiger charge is -2.08. The van der Waals surface area contributed by atoms with Gasteiger partial charge < -0.3 is 5.32 Å². The maximum Gasteiger partial charge on any atom is 0.292 e. The molecule has 6 nitrogen and oxygen atoms in total. The van der Waals surface area contributed by atoms with Crippen LogP contribution in [0.4, 0.5) is 5.69 Å². The molecule has 96 valence electrons. The molecule has 0 saturated heterocycles. The smallest absolute Gasteiger partial charge is 0.292 e. The van der Waals surface area contributed by atoms with Gasteiger partial charge >= 0.3 is 0 Å². The first-order valence-corrected chi connectivity index (χ1v) is 5.78. The van der Waals surface area contributed by atoms with Crippen LogP contribution in [0.1, 0.15) is 5.69 Å². The molecule has 0 bridgehead atoms. The number of nitrogens with one attached hydrogen (secondary N) is 1. The second-order valence-corrected chi connectivity index (χ2v) is 4.00. The van der Waals surface area contributed by atoms with Crippen LogP contribution in [0.3, 0.4) is 0 Å². The van der Waals surface area contributed by atoms with Gasteiger partial charge in [0.2, 0.25) is 0 Å². The van der Waals surface area contributed by atoms with E-state index in [0.29, 0.717) is 6.54 Å². The predicted molar refractivity (Wildman–Crippen MR) is 71.7 cm³/mol. The Morgan fingerprint density at radius 1 is 1.53 bits per heavy atom. The molecule has 0 aliphatic rings. The monoisotopic (exact) mass is 275 g/mol. The molecule has 0 aromatic carbocycles. The van der Waals surface area contributed by atoms with Crippen molar-refractivity contribution >= 4 is 17.3 Å². The Morgan fingerprint density at radius 2 is 2.37 bits per heavy atom. The van der Waals surface area contributed by atoms with Gasteiger partial charge in [-0.3, -0.25) is 4.79 Å². The van der Waals surface area contributed by atoms with Crippen molar-refractivity contribution in [2.24, 2.45) is 0 Å². The SMILES string of the molecule is C#CCn1ncc(Cl)c(NCc2ccncn2)c1=O. The van der Waals surface area contributed by atoms with Crippen molar-refractivity contribution in [2.45, 2.75) is 13.1 Å². The molecule has 0 spiro atoms. The van der Waals surface area contributed by atoms with E-state index in [1.807, 2.05) is 0 Å². The summed E-state index contributed by atoms with van der Waals surface area (Å²) < 4.78 is 1.16. The molecule has 2 heterocycles. The highest BCUT2D eigenvalue weighted by atomic mass is 35.5. The predicted octanol–water partition coefficient (Wildman–Crippen LogP) is 0.932. The Hall–Kier alpha value is -2.39. The number of terminal acetylenes is 1. The number of anilines is 1. The van der Waals surface area contributed by atoms with Crippen LogP contribution in [-0.2, 0) is 13.1 Å². The van der Waals surface area contributed by atoms with Crippen molar-refractivity contribution in [3.05, 3.63) is 45.9 Å². The Kier molecular flexibility index (Phi) is 4.11. The molecular formula is C12H10ClN5O. The van der Waals surface area contributed by atoms with E-state index >= 15 is 0 Å². The minimum Gasteiger partial charge on any atom is -0.374 e. The number of hydrogen-bond acceptors (Lipinski definition) is 5. The van der Waals surface area contributed by atoms with E-state index in [1.54, 1.807) is 12.3 Å². The molecule has 0 aliphatic carbocycles. The number of rotatable bonds is 4. The van der Waals surface area contributed by atoms with Crippen LogP contribution in [0.5, 0.6) is 0 Å². The van der Waals surface area contributed by atoms with Gasteiger partial charge in [-0.15, -0.1) is 6.42 Å². The van der Waals surface area contributed by atoms with E-state index in [9.17, 15) is 4.79 Å². The molecule has 2 aromatic heterocycles. The Labute approximate surface area is 114 Å². The summed E-state index contributed by atoms with van der Waals surface area (Å²) in [5, 5.41) is 7.02. The van der Waals surface area contributed by atoms with Gasteiger partial charge in [-0.2, -0.15) is 5.10 Å². The van der Waals surface area contributed by atoms with Crippen molar-refractivity contribution in [3.63, 3.8) is 0 Å². The van der Waals surface area contributed by atoms with Crippen LogP contribution in [0.2, 0.25) is 5.02 Å². The van der Waals surface area contributed by atoms with Crippen LogP contribution in [0.15, 0.2) is 29.6 Å². The second-order valence-electron chi connectivity index (χ2n) is 3.59. The summed E-state index contributed by atoms with van der Waals surface area (Å²) in [6, 6.07) is 1.74. The minimum atomic E-state index is -0.362. The van der Waals surface area contributed by atoms with E-state index in [-0.39, 0.29) is 22.8 Å². The number of hydrogen-bond donors (Lipinski definition) is 1. The largest absolute Gasteiger partial charge is 0.374 e. The number of aromatic nitrogens is 4. The Balaban J connectivity index is 2.23. The normalized spacial score (nSPS) is 9.89. The molecule has 19 heavy (non-hydrogen) atoms. The zero-order valence-electron chi connectivity index (χ0n) is 9.88.